The van der Waals surface area contributed by atoms with Gasteiger partial charge in [-0.3, -0.25) is 9.71 Å². The van der Waals surface area contributed by atoms with E-state index in [1.807, 2.05) is 0 Å². The van der Waals surface area contributed by atoms with E-state index < -0.39 is 34.0 Å². The van der Waals surface area contributed by atoms with Gasteiger partial charge in [-0.2, -0.15) is 18.2 Å². The van der Waals surface area contributed by atoms with Gasteiger partial charge < -0.3 is 9.26 Å². The maximum absolute atomic E-state index is 14.1. The molecule has 1 atom stereocenters. The van der Waals surface area contributed by atoms with Gasteiger partial charge in [0.2, 0.25) is 33.7 Å². The summed E-state index contributed by atoms with van der Waals surface area (Å²) in [6, 6.07) is 8.86. The molecular weight excluding hydrogens is 513 g/mol. The van der Waals surface area contributed by atoms with E-state index in [2.05, 4.69) is 29.8 Å². The SMILES string of the molecule is CCCS(=O)(=O)Nc1nc2ccccc2nc1O[C@@H](c1ccc(-c2noc(C3CC3)n2)nc1)C(F)(F)F. The molecular formula is C23H21F3N6O4S. The Morgan fingerprint density at radius 3 is 2.46 bits per heavy atom. The second-order valence-corrected chi connectivity index (χ2v) is 10.4. The van der Waals surface area contributed by atoms with Crippen LogP contribution in [0.2, 0.25) is 0 Å². The van der Waals surface area contributed by atoms with E-state index >= 15 is 0 Å². The van der Waals surface area contributed by atoms with E-state index in [1.165, 1.54) is 18.2 Å². The molecule has 0 radical (unpaired) electrons. The number of rotatable bonds is 9. The molecule has 14 heteroatoms. The summed E-state index contributed by atoms with van der Waals surface area (Å²) >= 11 is 0. The molecule has 0 bridgehead atoms. The Bertz CT molecular complexity index is 1520. The fourth-order valence-corrected chi connectivity index (χ4v) is 4.63. The Labute approximate surface area is 209 Å². The molecule has 0 aliphatic heterocycles. The van der Waals surface area contributed by atoms with Crippen LogP contribution >= 0.6 is 0 Å². The van der Waals surface area contributed by atoms with Crippen LogP contribution < -0.4 is 9.46 Å². The fourth-order valence-electron chi connectivity index (χ4n) is 3.56. The number of pyridine rings is 1. The highest BCUT2D eigenvalue weighted by Crippen LogP contribution is 2.40. The third-order valence-corrected chi connectivity index (χ3v) is 6.93. The summed E-state index contributed by atoms with van der Waals surface area (Å²) in [4.78, 5) is 16.6. The molecule has 0 unspecified atom stereocenters. The average molecular weight is 535 g/mol. The summed E-state index contributed by atoms with van der Waals surface area (Å²) in [5, 5.41) is 3.84. The molecule has 4 aromatic rings. The summed E-state index contributed by atoms with van der Waals surface area (Å²) in [6.07, 6.45) is -4.21. The molecule has 1 saturated carbocycles. The van der Waals surface area contributed by atoms with Gasteiger partial charge in [0.25, 0.3) is 5.88 Å². The van der Waals surface area contributed by atoms with Gasteiger partial charge in [-0.15, -0.1) is 0 Å². The number of alkyl halides is 3. The summed E-state index contributed by atoms with van der Waals surface area (Å²) in [5.41, 5.74) is 0.413. The number of sulfonamides is 1. The van der Waals surface area contributed by atoms with Gasteiger partial charge in [0.1, 0.15) is 5.69 Å². The monoisotopic (exact) mass is 534 g/mol. The van der Waals surface area contributed by atoms with Crippen LogP contribution in [0.15, 0.2) is 47.1 Å². The number of halogens is 3. The lowest BCUT2D eigenvalue weighted by Gasteiger charge is -2.22. The minimum Gasteiger partial charge on any atom is -0.457 e. The van der Waals surface area contributed by atoms with Crippen LogP contribution in [0, 0.1) is 0 Å². The Morgan fingerprint density at radius 2 is 1.84 bits per heavy atom. The number of fused-ring (bicyclic) bond motifs is 1. The molecule has 5 rings (SSSR count). The smallest absolute Gasteiger partial charge is 0.429 e. The molecule has 0 spiro atoms. The first-order valence-electron chi connectivity index (χ1n) is 11.4. The van der Waals surface area contributed by atoms with Crippen LogP contribution in [0.4, 0.5) is 19.0 Å². The molecule has 1 fully saturated rings. The maximum atomic E-state index is 14.1. The fraction of sp³-hybridized carbons (Fsp3) is 0.348. The highest BCUT2D eigenvalue weighted by molar-refractivity contribution is 7.92. The molecule has 10 nitrogen and oxygen atoms in total. The normalized spacial score (nSPS) is 15.0. The van der Waals surface area contributed by atoms with Crippen LogP contribution in [0.25, 0.3) is 22.6 Å². The van der Waals surface area contributed by atoms with Gasteiger partial charge in [-0.25, -0.2) is 18.4 Å². The summed E-state index contributed by atoms with van der Waals surface area (Å²) in [5.74, 6) is -0.442. The molecule has 3 heterocycles. The second-order valence-electron chi connectivity index (χ2n) is 8.53. The standard InChI is InChI=1S/C23H21F3N6O4S/c1-2-11-37(33,34)32-20-22(29-16-6-4-3-5-15(16)28-20)35-18(23(24,25)26)14-9-10-17(27-12-14)19-30-21(36-31-19)13-7-8-13/h3-6,9-10,12-13,18H,2,7-8,11H2,1H3,(H,28,32)/t18-/m0/s1. The first kappa shape index (κ1) is 24.9. The predicted molar refractivity (Wildman–Crippen MR) is 126 cm³/mol. The lowest BCUT2D eigenvalue weighted by atomic mass is 10.1. The van der Waals surface area contributed by atoms with Crippen molar-refractivity contribution >= 4 is 26.9 Å². The van der Waals surface area contributed by atoms with Crippen LogP contribution in [0.3, 0.4) is 0 Å². The third kappa shape index (κ3) is 5.63. The predicted octanol–water partition coefficient (Wildman–Crippen LogP) is 4.79. The molecule has 1 N–H and O–H groups in total. The van der Waals surface area contributed by atoms with Gasteiger partial charge >= 0.3 is 6.18 Å². The lowest BCUT2D eigenvalue weighted by Crippen LogP contribution is -2.27. The Morgan fingerprint density at radius 1 is 1.11 bits per heavy atom. The lowest BCUT2D eigenvalue weighted by molar-refractivity contribution is -0.198. The quantitative estimate of drug-likeness (QED) is 0.322. The molecule has 194 valence electrons. The van der Waals surface area contributed by atoms with Gasteiger partial charge in [-0.05, 0) is 37.5 Å². The molecule has 0 saturated heterocycles. The average Bonchev–Trinajstić information content (AvgIpc) is 3.58. The number of nitrogens with zero attached hydrogens (tertiary/aromatic N) is 5. The summed E-state index contributed by atoms with van der Waals surface area (Å²) in [6.45, 7) is 1.65. The minimum atomic E-state index is -4.89. The van der Waals surface area contributed by atoms with Crippen molar-refractivity contribution in [1.29, 1.82) is 0 Å². The minimum absolute atomic E-state index is 0.172. The van der Waals surface area contributed by atoms with Crippen LogP contribution in [0.1, 0.15) is 49.7 Å². The number of aromatic nitrogens is 5. The first-order valence-corrected chi connectivity index (χ1v) is 13.1. The van der Waals surface area contributed by atoms with E-state index in [4.69, 9.17) is 9.26 Å². The third-order valence-electron chi connectivity index (χ3n) is 5.48. The Balaban J connectivity index is 1.48. The van der Waals surface area contributed by atoms with Gasteiger partial charge in [-0.1, -0.05) is 30.3 Å². The zero-order valence-electron chi connectivity index (χ0n) is 19.4. The topological polar surface area (TPSA) is 133 Å². The molecule has 3 aromatic heterocycles. The molecule has 1 aromatic carbocycles. The number of anilines is 1. The number of nitrogens with one attached hydrogen (secondary N) is 1. The van der Waals surface area contributed by atoms with Crippen LogP contribution in [0.5, 0.6) is 5.88 Å². The van der Waals surface area contributed by atoms with Crippen molar-refractivity contribution in [1.82, 2.24) is 25.1 Å². The summed E-state index contributed by atoms with van der Waals surface area (Å²) < 4.78 is 79.8. The van der Waals surface area contributed by atoms with Gasteiger partial charge in [0.15, 0.2) is 0 Å². The van der Waals surface area contributed by atoms with Crippen molar-refractivity contribution in [3.63, 3.8) is 0 Å². The number of para-hydroxylation sites is 2. The maximum Gasteiger partial charge on any atom is 0.429 e. The zero-order chi connectivity index (χ0) is 26.2. The highest BCUT2D eigenvalue weighted by Gasteiger charge is 2.44. The van der Waals surface area contributed by atoms with Crippen molar-refractivity contribution in [2.75, 3.05) is 10.5 Å². The van der Waals surface area contributed by atoms with Crippen molar-refractivity contribution in [2.24, 2.45) is 0 Å². The van der Waals surface area contributed by atoms with Crippen molar-refractivity contribution in [2.45, 2.75) is 44.4 Å². The van der Waals surface area contributed by atoms with Gasteiger partial charge in [0.05, 0.1) is 16.8 Å². The number of hydrogen-bond acceptors (Lipinski definition) is 9. The van der Waals surface area contributed by atoms with Crippen molar-refractivity contribution in [3.05, 3.63) is 54.0 Å². The molecule has 1 aliphatic carbocycles. The Kier molecular flexibility index (Phi) is 6.43. The van der Waals surface area contributed by atoms with Gasteiger partial charge in [0, 0.05) is 17.7 Å². The van der Waals surface area contributed by atoms with E-state index in [9.17, 15) is 21.6 Å². The van der Waals surface area contributed by atoms with E-state index in [0.29, 0.717) is 5.89 Å². The summed E-state index contributed by atoms with van der Waals surface area (Å²) in [7, 11) is -3.90. The first-order chi connectivity index (χ1) is 17.6. The van der Waals surface area contributed by atoms with Crippen LogP contribution in [-0.4, -0.2) is 45.4 Å². The number of hydrogen-bond donors (Lipinski definition) is 1. The van der Waals surface area contributed by atoms with E-state index in [0.717, 1.165) is 19.0 Å². The second kappa shape index (κ2) is 9.57. The highest BCUT2D eigenvalue weighted by atomic mass is 32.2. The number of benzene rings is 1. The van der Waals surface area contributed by atoms with Crippen molar-refractivity contribution in [3.8, 4) is 17.4 Å². The molecule has 1 aliphatic rings. The number of ether oxygens (including phenoxy) is 1. The molecule has 37 heavy (non-hydrogen) atoms. The van der Waals surface area contributed by atoms with E-state index in [1.54, 1.807) is 25.1 Å². The van der Waals surface area contributed by atoms with Crippen molar-refractivity contribution < 1.29 is 30.8 Å². The van der Waals surface area contributed by atoms with Crippen LogP contribution in [-0.2, 0) is 10.0 Å². The zero-order valence-corrected chi connectivity index (χ0v) is 20.3. The Hall–Kier alpha value is -3.81. The van der Waals surface area contributed by atoms with E-state index in [-0.39, 0.29) is 46.2 Å². The molecule has 0 amide bonds. The largest absolute Gasteiger partial charge is 0.457 e.